The minimum atomic E-state index is -0.675. The van der Waals surface area contributed by atoms with E-state index in [4.69, 9.17) is 5.11 Å². The predicted molar refractivity (Wildman–Crippen MR) is 53.6 cm³/mol. The van der Waals surface area contributed by atoms with Crippen molar-refractivity contribution in [2.45, 2.75) is 38.1 Å². The summed E-state index contributed by atoms with van der Waals surface area (Å²) in [5, 5.41) is 8.85. The summed E-state index contributed by atoms with van der Waals surface area (Å²) >= 11 is 0. The van der Waals surface area contributed by atoms with Gasteiger partial charge in [0.2, 0.25) is 0 Å². The van der Waals surface area contributed by atoms with E-state index in [0.29, 0.717) is 0 Å². The van der Waals surface area contributed by atoms with Crippen LogP contribution >= 0.6 is 0 Å². The SMILES string of the molecule is O=C(O)[C@@H]1C[C@H]1c1cn2c(n1)CCCC2. The molecule has 1 fully saturated rings. The molecule has 1 saturated carbocycles. The fourth-order valence-corrected chi connectivity index (χ4v) is 2.41. The Hall–Kier alpha value is -1.32. The van der Waals surface area contributed by atoms with Crippen molar-refractivity contribution >= 4 is 5.97 Å². The lowest BCUT2D eigenvalue weighted by molar-refractivity contribution is -0.138. The number of imidazole rings is 1. The first-order valence-electron chi connectivity index (χ1n) is 5.54. The fraction of sp³-hybridized carbons (Fsp3) is 0.636. The van der Waals surface area contributed by atoms with Gasteiger partial charge in [0.15, 0.2) is 0 Å². The Bertz CT molecular complexity index is 387. The Balaban J connectivity index is 1.82. The van der Waals surface area contributed by atoms with Gasteiger partial charge in [0.25, 0.3) is 0 Å². The number of carboxylic acid groups (broad SMARTS) is 1. The first-order valence-corrected chi connectivity index (χ1v) is 5.54. The van der Waals surface area contributed by atoms with Crippen molar-refractivity contribution in [2.75, 3.05) is 0 Å². The maximum atomic E-state index is 10.8. The normalized spacial score (nSPS) is 28.5. The summed E-state index contributed by atoms with van der Waals surface area (Å²) in [6.07, 6.45) is 6.30. The third-order valence-electron chi connectivity index (χ3n) is 3.41. The number of nitrogens with zero attached hydrogens (tertiary/aromatic N) is 2. The van der Waals surface area contributed by atoms with Crippen LogP contribution in [0.4, 0.5) is 0 Å². The van der Waals surface area contributed by atoms with Gasteiger partial charge in [-0.05, 0) is 19.3 Å². The zero-order valence-corrected chi connectivity index (χ0v) is 8.52. The maximum Gasteiger partial charge on any atom is 0.307 e. The standard InChI is InChI=1S/C11H14N2O2/c14-11(15)8-5-7(8)9-6-13-4-2-1-3-10(13)12-9/h6-8H,1-5H2,(H,14,15)/t7-,8-/m1/s1. The quantitative estimate of drug-likeness (QED) is 0.795. The summed E-state index contributed by atoms with van der Waals surface area (Å²) in [4.78, 5) is 15.3. The largest absolute Gasteiger partial charge is 0.481 e. The monoisotopic (exact) mass is 206 g/mol. The maximum absolute atomic E-state index is 10.8. The second-order valence-corrected chi connectivity index (χ2v) is 4.52. The smallest absolute Gasteiger partial charge is 0.307 e. The molecule has 1 N–H and O–H groups in total. The molecule has 0 amide bonds. The molecule has 0 spiro atoms. The van der Waals surface area contributed by atoms with Crippen LogP contribution in [0.15, 0.2) is 6.20 Å². The van der Waals surface area contributed by atoms with Crippen molar-refractivity contribution in [3.05, 3.63) is 17.7 Å². The van der Waals surface area contributed by atoms with Crippen molar-refractivity contribution in [3.63, 3.8) is 0 Å². The van der Waals surface area contributed by atoms with E-state index < -0.39 is 5.97 Å². The van der Waals surface area contributed by atoms with Crippen LogP contribution in [0.3, 0.4) is 0 Å². The van der Waals surface area contributed by atoms with Gasteiger partial charge < -0.3 is 9.67 Å². The third-order valence-corrected chi connectivity index (χ3v) is 3.41. The number of fused-ring (bicyclic) bond motifs is 1. The predicted octanol–water partition coefficient (Wildman–Crippen LogP) is 1.41. The van der Waals surface area contributed by atoms with Crippen molar-refractivity contribution in [1.82, 2.24) is 9.55 Å². The lowest BCUT2D eigenvalue weighted by Crippen LogP contribution is -2.08. The summed E-state index contributed by atoms with van der Waals surface area (Å²) in [5.41, 5.74) is 0.999. The number of carboxylic acids is 1. The van der Waals surface area contributed by atoms with E-state index in [2.05, 4.69) is 15.7 Å². The first kappa shape index (κ1) is 8.95. The second kappa shape index (κ2) is 3.08. The number of aryl methyl sites for hydroxylation is 2. The molecule has 0 radical (unpaired) electrons. The van der Waals surface area contributed by atoms with E-state index >= 15 is 0 Å². The van der Waals surface area contributed by atoms with Gasteiger partial charge in [-0.3, -0.25) is 4.79 Å². The molecule has 0 bridgehead atoms. The Kier molecular flexibility index (Phi) is 1.84. The van der Waals surface area contributed by atoms with E-state index in [-0.39, 0.29) is 11.8 Å². The molecule has 2 aliphatic rings. The first-order chi connectivity index (χ1) is 7.25. The summed E-state index contributed by atoms with van der Waals surface area (Å²) in [7, 11) is 0. The van der Waals surface area contributed by atoms with Crippen molar-refractivity contribution in [1.29, 1.82) is 0 Å². The van der Waals surface area contributed by atoms with E-state index in [0.717, 1.165) is 30.9 Å². The average molecular weight is 206 g/mol. The van der Waals surface area contributed by atoms with Gasteiger partial charge in [0.1, 0.15) is 5.82 Å². The summed E-state index contributed by atoms with van der Waals surface area (Å²) in [6, 6.07) is 0. The zero-order valence-electron chi connectivity index (χ0n) is 8.52. The lowest BCUT2D eigenvalue weighted by atomic mass is 10.2. The Morgan fingerprint density at radius 2 is 2.40 bits per heavy atom. The van der Waals surface area contributed by atoms with Crippen LogP contribution in [-0.4, -0.2) is 20.6 Å². The fourth-order valence-electron chi connectivity index (χ4n) is 2.41. The third kappa shape index (κ3) is 1.44. The van der Waals surface area contributed by atoms with Crippen molar-refractivity contribution in [3.8, 4) is 0 Å². The molecule has 4 nitrogen and oxygen atoms in total. The molecule has 1 aliphatic heterocycles. The van der Waals surface area contributed by atoms with Gasteiger partial charge >= 0.3 is 5.97 Å². The Morgan fingerprint density at radius 1 is 1.53 bits per heavy atom. The summed E-state index contributed by atoms with van der Waals surface area (Å²) in [6.45, 7) is 1.05. The summed E-state index contributed by atoms with van der Waals surface area (Å²) < 4.78 is 2.19. The molecule has 4 heteroatoms. The second-order valence-electron chi connectivity index (χ2n) is 4.52. The number of aliphatic carboxylic acids is 1. The number of aromatic nitrogens is 2. The minimum Gasteiger partial charge on any atom is -0.481 e. The lowest BCUT2D eigenvalue weighted by Gasteiger charge is -2.11. The van der Waals surface area contributed by atoms with Crippen LogP contribution in [0.25, 0.3) is 0 Å². The molecule has 2 heterocycles. The molecule has 0 saturated heterocycles. The van der Waals surface area contributed by atoms with E-state index in [9.17, 15) is 4.79 Å². The molecule has 3 rings (SSSR count). The van der Waals surface area contributed by atoms with E-state index in [1.165, 1.54) is 12.8 Å². The molecule has 1 aromatic rings. The Morgan fingerprint density at radius 3 is 3.07 bits per heavy atom. The van der Waals surface area contributed by atoms with Crippen molar-refractivity contribution in [2.24, 2.45) is 5.92 Å². The van der Waals surface area contributed by atoms with Gasteiger partial charge in [-0.15, -0.1) is 0 Å². The van der Waals surface area contributed by atoms with Gasteiger partial charge in [0.05, 0.1) is 11.6 Å². The van der Waals surface area contributed by atoms with Gasteiger partial charge in [-0.1, -0.05) is 0 Å². The highest BCUT2D eigenvalue weighted by Crippen LogP contribution is 2.47. The van der Waals surface area contributed by atoms with Crippen LogP contribution in [-0.2, 0) is 17.8 Å². The molecule has 0 aromatic carbocycles. The molecule has 80 valence electrons. The highest BCUT2D eigenvalue weighted by molar-refractivity contribution is 5.75. The number of hydrogen-bond acceptors (Lipinski definition) is 2. The molecule has 1 aromatic heterocycles. The molecule has 2 atom stereocenters. The number of rotatable bonds is 2. The molecule has 15 heavy (non-hydrogen) atoms. The van der Waals surface area contributed by atoms with Crippen LogP contribution in [0, 0.1) is 5.92 Å². The van der Waals surface area contributed by atoms with Crippen LogP contribution in [0.2, 0.25) is 0 Å². The molecular formula is C11H14N2O2. The highest BCUT2D eigenvalue weighted by Gasteiger charge is 2.45. The van der Waals surface area contributed by atoms with Gasteiger partial charge in [-0.2, -0.15) is 0 Å². The van der Waals surface area contributed by atoms with Crippen LogP contribution < -0.4 is 0 Å². The minimum absolute atomic E-state index is 0.179. The number of hydrogen-bond donors (Lipinski definition) is 1. The van der Waals surface area contributed by atoms with Crippen molar-refractivity contribution < 1.29 is 9.90 Å². The van der Waals surface area contributed by atoms with Crippen LogP contribution in [0.5, 0.6) is 0 Å². The zero-order chi connectivity index (χ0) is 10.4. The Labute approximate surface area is 87.9 Å². The van der Waals surface area contributed by atoms with Gasteiger partial charge in [-0.25, -0.2) is 4.98 Å². The average Bonchev–Trinajstić information content (AvgIpc) is 2.91. The summed E-state index contributed by atoms with van der Waals surface area (Å²) in [5.74, 6) is 0.473. The van der Waals surface area contributed by atoms with E-state index in [1.54, 1.807) is 0 Å². The van der Waals surface area contributed by atoms with Gasteiger partial charge in [0, 0.05) is 25.1 Å². The highest BCUT2D eigenvalue weighted by atomic mass is 16.4. The topological polar surface area (TPSA) is 55.1 Å². The molecule has 0 unspecified atom stereocenters. The van der Waals surface area contributed by atoms with E-state index in [1.807, 2.05) is 0 Å². The molecular weight excluding hydrogens is 192 g/mol. The molecule has 1 aliphatic carbocycles. The van der Waals surface area contributed by atoms with Crippen LogP contribution in [0.1, 0.15) is 36.7 Å². The number of carbonyl (C=O) groups is 1.